The number of carbonyl (C=O) groups excluding carboxylic acids is 6. The molecule has 5 amide bonds. The monoisotopic (exact) mass is 692 g/mol. The van der Waals surface area contributed by atoms with E-state index in [4.69, 9.17) is 5.73 Å². The van der Waals surface area contributed by atoms with E-state index in [1.54, 1.807) is 12.1 Å². The third-order valence-electron chi connectivity index (χ3n) is 11.6. The van der Waals surface area contributed by atoms with E-state index in [1.165, 1.54) is 4.90 Å². The number of hydrogen-bond acceptors (Lipinski definition) is 7. The Morgan fingerprint density at radius 1 is 0.920 bits per heavy atom. The number of nitrogens with one attached hydrogen (secondary N) is 3. The smallest absolute Gasteiger partial charge is 0.316 e. The number of benzene rings is 1. The summed E-state index contributed by atoms with van der Waals surface area (Å²) in [5.41, 5.74) is 5.85. The number of likely N-dealkylation sites (tertiary alicyclic amines) is 1. The lowest BCUT2D eigenvalue weighted by molar-refractivity contribution is -0.145. The zero-order chi connectivity index (χ0) is 36.7. The van der Waals surface area contributed by atoms with Gasteiger partial charge < -0.3 is 31.5 Å². The topological polar surface area (TPSA) is 171 Å². The van der Waals surface area contributed by atoms with E-state index < -0.39 is 59.1 Å². The molecule has 3 saturated carbocycles. The standard InChI is InChI=1S/C38H56N6O6/c1-37(2,3)32(42-36(50)41-28(22-11-9-8-10-12-22)30(45)23-15-17-24(18-16-23)43(6)7)35(49)44-20-25-27(38(25,4)5)29(44)34(48)40-26(19-21-13-14-21)31(46)33(39)47/h15-18,21-22,25-29,32H,8-14,19-20H2,1-7H3,(H2,39,47)(H,40,48)(H2,41,42,50)/t25-,26?,27-,28-,29-,32+/m0/s1. The van der Waals surface area contributed by atoms with Crippen molar-refractivity contribution in [3.63, 3.8) is 0 Å². The summed E-state index contributed by atoms with van der Waals surface area (Å²) in [7, 11) is 3.86. The van der Waals surface area contributed by atoms with Gasteiger partial charge in [-0.25, -0.2) is 4.79 Å². The number of ketones is 2. The number of piperidine rings is 1. The van der Waals surface area contributed by atoms with Crippen molar-refractivity contribution in [3.8, 4) is 0 Å². The van der Waals surface area contributed by atoms with Gasteiger partial charge in [-0.15, -0.1) is 0 Å². The molecule has 0 bridgehead atoms. The Bertz CT molecular complexity index is 1490. The number of carbonyl (C=O) groups is 6. The van der Waals surface area contributed by atoms with Gasteiger partial charge in [-0.05, 0) is 78.0 Å². The Balaban J connectivity index is 1.34. The van der Waals surface area contributed by atoms with Gasteiger partial charge in [0.15, 0.2) is 5.78 Å². The van der Waals surface area contributed by atoms with Crippen LogP contribution in [0, 0.1) is 34.5 Å². The molecule has 12 heteroatoms. The molecule has 0 spiro atoms. The summed E-state index contributed by atoms with van der Waals surface area (Å²) in [6.45, 7) is 9.98. The zero-order valence-electron chi connectivity index (χ0n) is 30.7. The van der Waals surface area contributed by atoms with Crippen molar-refractivity contribution in [2.24, 2.45) is 40.2 Å². The third kappa shape index (κ3) is 7.99. The molecule has 50 heavy (non-hydrogen) atoms. The van der Waals surface area contributed by atoms with E-state index in [0.717, 1.165) is 50.6 Å². The van der Waals surface area contributed by atoms with E-state index in [2.05, 4.69) is 29.8 Å². The summed E-state index contributed by atoms with van der Waals surface area (Å²) >= 11 is 0. The van der Waals surface area contributed by atoms with E-state index in [1.807, 2.05) is 51.9 Å². The van der Waals surface area contributed by atoms with Crippen LogP contribution in [0.5, 0.6) is 0 Å². The Kier molecular flexibility index (Phi) is 10.7. The van der Waals surface area contributed by atoms with Crippen molar-refractivity contribution in [2.45, 2.75) is 110 Å². The molecule has 4 aliphatic rings. The largest absolute Gasteiger partial charge is 0.378 e. The lowest BCUT2D eigenvalue weighted by Gasteiger charge is -2.38. The highest BCUT2D eigenvalue weighted by Crippen LogP contribution is 2.65. The third-order valence-corrected chi connectivity index (χ3v) is 11.6. The quantitative estimate of drug-likeness (QED) is 0.181. The second kappa shape index (κ2) is 14.3. The molecule has 4 fully saturated rings. The van der Waals surface area contributed by atoms with Crippen LogP contribution in [0.25, 0.3) is 0 Å². The maximum Gasteiger partial charge on any atom is 0.316 e. The molecule has 6 atom stereocenters. The molecular weight excluding hydrogens is 636 g/mol. The van der Waals surface area contributed by atoms with Crippen molar-refractivity contribution >= 4 is 41.0 Å². The van der Waals surface area contributed by atoms with Crippen LogP contribution in [-0.2, 0) is 19.2 Å². The minimum atomic E-state index is -1.10. The average Bonchev–Trinajstić information content (AvgIpc) is 3.92. The Labute approximate surface area is 296 Å². The number of rotatable bonds is 13. The van der Waals surface area contributed by atoms with E-state index in [-0.39, 0.29) is 34.9 Å². The minimum absolute atomic E-state index is 0.0352. The number of nitrogens with two attached hydrogens (primary N) is 1. The molecule has 3 aliphatic carbocycles. The summed E-state index contributed by atoms with van der Waals surface area (Å²) in [5, 5.41) is 8.66. The first-order valence-corrected chi connectivity index (χ1v) is 18.2. The first-order chi connectivity index (χ1) is 23.4. The van der Waals surface area contributed by atoms with E-state index >= 15 is 0 Å². The number of hydrogen-bond donors (Lipinski definition) is 4. The molecule has 1 aliphatic heterocycles. The van der Waals surface area contributed by atoms with Crippen LogP contribution in [0.3, 0.4) is 0 Å². The maximum atomic E-state index is 14.5. The van der Waals surface area contributed by atoms with Gasteiger partial charge >= 0.3 is 6.03 Å². The van der Waals surface area contributed by atoms with Crippen molar-refractivity contribution in [1.29, 1.82) is 0 Å². The summed E-state index contributed by atoms with van der Waals surface area (Å²) in [6.07, 6.45) is 6.84. The highest BCUT2D eigenvalue weighted by Gasteiger charge is 2.70. The first-order valence-electron chi connectivity index (χ1n) is 18.2. The molecule has 5 N–H and O–H groups in total. The summed E-state index contributed by atoms with van der Waals surface area (Å²) in [6, 6.07) is 3.02. The van der Waals surface area contributed by atoms with Gasteiger partial charge in [-0.1, -0.05) is 66.7 Å². The lowest BCUT2D eigenvalue weighted by atomic mass is 9.81. The van der Waals surface area contributed by atoms with Crippen LogP contribution in [-0.4, -0.2) is 85.0 Å². The number of amides is 5. The fourth-order valence-corrected chi connectivity index (χ4v) is 8.26. The number of urea groups is 1. The van der Waals surface area contributed by atoms with Crippen LogP contribution in [0.4, 0.5) is 10.5 Å². The van der Waals surface area contributed by atoms with Crippen molar-refractivity contribution in [1.82, 2.24) is 20.9 Å². The van der Waals surface area contributed by atoms with Crippen LogP contribution >= 0.6 is 0 Å². The number of primary amides is 1. The molecule has 0 radical (unpaired) electrons. The average molecular weight is 693 g/mol. The number of fused-ring (bicyclic) bond motifs is 1. The molecule has 1 heterocycles. The molecule has 0 aromatic heterocycles. The van der Waals surface area contributed by atoms with Crippen molar-refractivity contribution in [2.75, 3.05) is 25.5 Å². The van der Waals surface area contributed by atoms with Crippen LogP contribution in [0.2, 0.25) is 0 Å². The molecular formula is C38H56N6O6. The first kappa shape index (κ1) is 37.3. The van der Waals surface area contributed by atoms with Crippen LogP contribution < -0.4 is 26.6 Å². The number of nitrogens with zero attached hydrogens (tertiary/aromatic N) is 2. The van der Waals surface area contributed by atoms with Gasteiger partial charge in [0.25, 0.3) is 5.91 Å². The van der Waals surface area contributed by atoms with Gasteiger partial charge in [0.05, 0.1) is 12.1 Å². The molecule has 1 aromatic rings. The predicted molar refractivity (Wildman–Crippen MR) is 190 cm³/mol. The fourth-order valence-electron chi connectivity index (χ4n) is 8.26. The van der Waals surface area contributed by atoms with Crippen molar-refractivity contribution < 1.29 is 28.8 Å². The van der Waals surface area contributed by atoms with Gasteiger partial charge in [0, 0.05) is 31.9 Å². The minimum Gasteiger partial charge on any atom is -0.378 e. The molecule has 1 aromatic carbocycles. The van der Waals surface area contributed by atoms with Gasteiger partial charge in [-0.2, -0.15) is 0 Å². The summed E-state index contributed by atoms with van der Waals surface area (Å²) in [4.78, 5) is 84.2. The van der Waals surface area contributed by atoms with E-state index in [9.17, 15) is 28.8 Å². The maximum absolute atomic E-state index is 14.5. The second-order valence-corrected chi connectivity index (χ2v) is 17.0. The van der Waals surface area contributed by atoms with Crippen LogP contribution in [0.1, 0.15) is 96.3 Å². The second-order valence-electron chi connectivity index (χ2n) is 17.0. The summed E-state index contributed by atoms with van der Waals surface area (Å²) in [5.74, 6) is -2.87. The Morgan fingerprint density at radius 3 is 2.08 bits per heavy atom. The van der Waals surface area contributed by atoms with Gasteiger partial charge in [-0.3, -0.25) is 24.0 Å². The highest BCUT2D eigenvalue weighted by atomic mass is 16.2. The molecule has 274 valence electrons. The predicted octanol–water partition coefficient (Wildman–Crippen LogP) is 3.42. The highest BCUT2D eigenvalue weighted by molar-refractivity contribution is 6.37. The van der Waals surface area contributed by atoms with Gasteiger partial charge in [0.2, 0.25) is 17.6 Å². The lowest BCUT2D eigenvalue weighted by Crippen LogP contribution is -2.62. The Hall–Kier alpha value is -3.96. The summed E-state index contributed by atoms with van der Waals surface area (Å²) < 4.78 is 0. The molecule has 12 nitrogen and oxygen atoms in total. The molecule has 1 unspecified atom stereocenters. The SMILES string of the molecule is CN(C)c1ccc(C(=O)[C@@H](NC(=O)N[C@H](C(=O)N2C[C@H]3[C@@H]([C@H]2C(=O)NC(CC2CC2)C(=O)C(N)=O)C3(C)C)C(C)(C)C)C2CCCCC2)cc1. The normalized spacial score (nSPS) is 24.6. The van der Waals surface area contributed by atoms with Gasteiger partial charge in [0.1, 0.15) is 12.1 Å². The zero-order valence-corrected chi connectivity index (χ0v) is 30.7. The molecule has 5 rings (SSSR count). The molecule has 1 saturated heterocycles. The Morgan fingerprint density at radius 2 is 1.54 bits per heavy atom. The number of anilines is 1. The van der Waals surface area contributed by atoms with Crippen molar-refractivity contribution in [3.05, 3.63) is 29.8 Å². The van der Waals surface area contributed by atoms with Crippen LogP contribution in [0.15, 0.2) is 24.3 Å². The fraction of sp³-hybridized carbons (Fsp3) is 0.684. The number of Topliss-reactive ketones (excluding diaryl/α,β-unsaturated/α-hetero) is 2. The van der Waals surface area contributed by atoms with E-state index in [0.29, 0.717) is 18.5 Å².